The predicted octanol–water partition coefficient (Wildman–Crippen LogP) is 4.00. The van der Waals surface area contributed by atoms with Crippen molar-refractivity contribution < 1.29 is 14.4 Å². The Morgan fingerprint density at radius 3 is 2.59 bits per heavy atom. The topological polar surface area (TPSA) is 82.1 Å². The number of thioether (sulfide) groups is 1. The number of nitrogens with one attached hydrogen (secondary N) is 1. The number of amides is 3. The van der Waals surface area contributed by atoms with Gasteiger partial charge in [0.1, 0.15) is 5.25 Å². The molecule has 1 aromatic carbocycles. The lowest BCUT2D eigenvalue weighted by Crippen LogP contribution is -2.29. The van der Waals surface area contributed by atoms with Crippen molar-refractivity contribution in [3.05, 3.63) is 52.2 Å². The fourth-order valence-electron chi connectivity index (χ4n) is 3.73. The second kappa shape index (κ2) is 9.87. The van der Waals surface area contributed by atoms with Crippen LogP contribution in [-0.4, -0.2) is 58.1 Å². The Hall–Kier alpha value is -2.65. The normalized spacial score (nSPS) is 19.1. The molecule has 32 heavy (non-hydrogen) atoms. The fraction of sp³-hybridized carbons (Fsp3) is 0.391. The van der Waals surface area contributed by atoms with Gasteiger partial charge in [0.05, 0.1) is 6.04 Å². The van der Waals surface area contributed by atoms with E-state index in [-0.39, 0.29) is 30.2 Å². The number of benzene rings is 1. The van der Waals surface area contributed by atoms with Crippen LogP contribution in [0.3, 0.4) is 0 Å². The van der Waals surface area contributed by atoms with E-state index in [1.807, 2.05) is 24.4 Å². The summed E-state index contributed by atoms with van der Waals surface area (Å²) in [6.45, 7) is 3.84. The molecular weight excluding hydrogens is 444 g/mol. The summed E-state index contributed by atoms with van der Waals surface area (Å²) in [6, 6.07) is 10.8. The standard InChI is InChI=1S/C23H26N4O3S2/c1-15(18-6-5-13-31-18)26(2)22(30)16-7-9-17(10-8-16)24-20(28)14-19-21(29)25-23(32-19)27-11-3-4-12-27/h5-10,13,15,19H,3-4,11-12,14H2,1-2H3,(H,24,28). The van der Waals surface area contributed by atoms with Gasteiger partial charge < -0.3 is 15.1 Å². The van der Waals surface area contributed by atoms with Gasteiger partial charge in [-0.25, -0.2) is 0 Å². The largest absolute Gasteiger partial charge is 0.351 e. The molecule has 1 aromatic heterocycles. The average Bonchev–Trinajstić information content (AvgIpc) is 3.56. The van der Waals surface area contributed by atoms with E-state index in [4.69, 9.17) is 0 Å². The van der Waals surface area contributed by atoms with Crippen molar-refractivity contribution in [2.45, 2.75) is 37.5 Å². The van der Waals surface area contributed by atoms with Crippen LogP contribution in [0, 0.1) is 0 Å². The molecule has 9 heteroatoms. The van der Waals surface area contributed by atoms with E-state index in [0.29, 0.717) is 11.3 Å². The van der Waals surface area contributed by atoms with Gasteiger partial charge in [0.25, 0.3) is 11.8 Å². The summed E-state index contributed by atoms with van der Waals surface area (Å²) in [7, 11) is 1.79. The Balaban J connectivity index is 1.30. The monoisotopic (exact) mass is 470 g/mol. The van der Waals surface area contributed by atoms with Crippen molar-refractivity contribution in [3.8, 4) is 0 Å². The smallest absolute Gasteiger partial charge is 0.262 e. The van der Waals surface area contributed by atoms with Crippen LogP contribution in [0.4, 0.5) is 5.69 Å². The Morgan fingerprint density at radius 2 is 1.94 bits per heavy atom. The highest BCUT2D eigenvalue weighted by atomic mass is 32.2. The first-order valence-corrected chi connectivity index (χ1v) is 12.4. The van der Waals surface area contributed by atoms with E-state index >= 15 is 0 Å². The molecule has 3 amide bonds. The number of anilines is 1. The molecule has 2 aromatic rings. The Kier molecular flexibility index (Phi) is 6.95. The molecule has 0 bridgehead atoms. The zero-order valence-corrected chi connectivity index (χ0v) is 19.7. The first-order chi connectivity index (χ1) is 15.4. The fourth-order valence-corrected chi connectivity index (χ4v) is 5.67. The SMILES string of the molecule is CC(c1cccs1)N(C)C(=O)c1ccc(NC(=O)CC2SC(N3CCCC3)=NC2=O)cc1. The van der Waals surface area contributed by atoms with Gasteiger partial charge in [-0.15, -0.1) is 11.3 Å². The Morgan fingerprint density at radius 1 is 1.22 bits per heavy atom. The molecule has 1 N–H and O–H groups in total. The lowest BCUT2D eigenvalue weighted by atomic mass is 10.1. The molecule has 0 saturated carbocycles. The van der Waals surface area contributed by atoms with Crippen molar-refractivity contribution in [2.24, 2.45) is 4.99 Å². The van der Waals surface area contributed by atoms with Gasteiger partial charge in [-0.1, -0.05) is 17.8 Å². The molecule has 2 unspecified atom stereocenters. The van der Waals surface area contributed by atoms with Gasteiger partial charge in [-0.2, -0.15) is 4.99 Å². The van der Waals surface area contributed by atoms with Gasteiger partial charge in [0.15, 0.2) is 5.17 Å². The summed E-state index contributed by atoms with van der Waals surface area (Å²) in [5.74, 6) is -0.560. The molecule has 3 heterocycles. The summed E-state index contributed by atoms with van der Waals surface area (Å²) >= 11 is 3.01. The minimum absolute atomic E-state index is 0.0176. The second-order valence-electron chi connectivity index (χ2n) is 7.97. The first-order valence-electron chi connectivity index (χ1n) is 10.7. The number of hydrogen-bond acceptors (Lipinski definition) is 6. The summed E-state index contributed by atoms with van der Waals surface area (Å²) in [4.78, 5) is 46.6. The van der Waals surface area contributed by atoms with Crippen LogP contribution in [0.2, 0.25) is 0 Å². The van der Waals surface area contributed by atoms with Crippen LogP contribution < -0.4 is 5.32 Å². The van der Waals surface area contributed by atoms with Gasteiger partial charge in [-0.3, -0.25) is 14.4 Å². The van der Waals surface area contributed by atoms with Gasteiger partial charge in [0, 0.05) is 42.7 Å². The quantitative estimate of drug-likeness (QED) is 0.690. The number of amidine groups is 1. The number of aliphatic imine (C=N–C) groups is 1. The Bertz CT molecular complexity index is 1010. The van der Waals surface area contributed by atoms with Crippen molar-refractivity contribution in [3.63, 3.8) is 0 Å². The lowest BCUT2D eigenvalue weighted by molar-refractivity contribution is -0.121. The number of carbonyl (C=O) groups is 3. The molecule has 0 radical (unpaired) electrons. The van der Waals surface area contributed by atoms with Crippen molar-refractivity contribution in [2.75, 3.05) is 25.5 Å². The van der Waals surface area contributed by atoms with Crippen molar-refractivity contribution >= 4 is 51.7 Å². The van der Waals surface area contributed by atoms with Gasteiger partial charge in [-0.05, 0) is 55.5 Å². The molecule has 7 nitrogen and oxygen atoms in total. The number of likely N-dealkylation sites (tertiary alicyclic amines) is 1. The van der Waals surface area contributed by atoms with E-state index in [0.717, 1.165) is 36.0 Å². The third-order valence-electron chi connectivity index (χ3n) is 5.75. The highest BCUT2D eigenvalue weighted by molar-refractivity contribution is 8.15. The van der Waals surface area contributed by atoms with Crippen LogP contribution in [-0.2, 0) is 9.59 Å². The number of rotatable bonds is 6. The molecule has 2 aliphatic rings. The third kappa shape index (κ3) is 5.05. The maximum absolute atomic E-state index is 12.8. The van der Waals surface area contributed by atoms with Gasteiger partial charge in [0.2, 0.25) is 5.91 Å². The average molecular weight is 471 g/mol. The molecule has 2 aliphatic heterocycles. The molecule has 0 aliphatic carbocycles. The highest BCUT2D eigenvalue weighted by Gasteiger charge is 2.33. The number of nitrogens with zero attached hydrogens (tertiary/aromatic N) is 3. The summed E-state index contributed by atoms with van der Waals surface area (Å²) in [5.41, 5.74) is 1.15. The molecule has 4 rings (SSSR count). The summed E-state index contributed by atoms with van der Waals surface area (Å²) < 4.78 is 0. The van der Waals surface area contributed by atoms with Crippen LogP contribution >= 0.6 is 23.1 Å². The zero-order valence-electron chi connectivity index (χ0n) is 18.1. The van der Waals surface area contributed by atoms with E-state index in [2.05, 4.69) is 15.2 Å². The molecule has 1 fully saturated rings. The molecular formula is C23H26N4O3S2. The van der Waals surface area contributed by atoms with Crippen LogP contribution in [0.25, 0.3) is 0 Å². The van der Waals surface area contributed by atoms with E-state index in [1.165, 1.54) is 11.8 Å². The summed E-state index contributed by atoms with van der Waals surface area (Å²) in [6.07, 6.45) is 2.30. The number of carbonyl (C=O) groups excluding carboxylic acids is 3. The van der Waals surface area contributed by atoms with E-state index < -0.39 is 5.25 Å². The second-order valence-corrected chi connectivity index (χ2v) is 10.1. The number of thiophene rings is 1. The maximum atomic E-state index is 12.8. The third-order valence-corrected chi connectivity index (χ3v) is 8.00. The summed E-state index contributed by atoms with van der Waals surface area (Å²) in [5, 5.41) is 5.09. The molecule has 168 valence electrons. The van der Waals surface area contributed by atoms with Crippen LogP contribution in [0.5, 0.6) is 0 Å². The molecule has 0 spiro atoms. The number of hydrogen-bond donors (Lipinski definition) is 1. The van der Waals surface area contributed by atoms with Crippen molar-refractivity contribution in [1.82, 2.24) is 9.80 Å². The zero-order chi connectivity index (χ0) is 22.7. The van der Waals surface area contributed by atoms with Crippen molar-refractivity contribution in [1.29, 1.82) is 0 Å². The first kappa shape index (κ1) is 22.5. The molecule has 1 saturated heterocycles. The maximum Gasteiger partial charge on any atom is 0.262 e. The van der Waals surface area contributed by atoms with E-state index in [1.54, 1.807) is 47.5 Å². The van der Waals surface area contributed by atoms with Gasteiger partial charge >= 0.3 is 0 Å². The minimum Gasteiger partial charge on any atom is -0.351 e. The van der Waals surface area contributed by atoms with E-state index in [9.17, 15) is 14.4 Å². The highest BCUT2D eigenvalue weighted by Crippen LogP contribution is 2.29. The minimum atomic E-state index is -0.473. The lowest BCUT2D eigenvalue weighted by Gasteiger charge is -2.24. The van der Waals surface area contributed by atoms with Crippen LogP contribution in [0.15, 0.2) is 46.8 Å². The molecule has 2 atom stereocenters. The Labute approximate surface area is 195 Å². The predicted molar refractivity (Wildman–Crippen MR) is 129 cm³/mol. The van der Waals surface area contributed by atoms with Crippen LogP contribution in [0.1, 0.15) is 47.5 Å².